The van der Waals surface area contributed by atoms with E-state index in [4.69, 9.17) is 4.74 Å². The van der Waals surface area contributed by atoms with Crippen molar-refractivity contribution in [3.8, 4) is 0 Å². The van der Waals surface area contributed by atoms with Crippen LogP contribution in [0.25, 0.3) is 0 Å². The van der Waals surface area contributed by atoms with Gasteiger partial charge in [-0.1, -0.05) is 31.0 Å². The second kappa shape index (κ2) is 6.60. The van der Waals surface area contributed by atoms with Crippen LogP contribution in [0.15, 0.2) is 10.3 Å². The Hall–Kier alpha value is -1.37. The van der Waals surface area contributed by atoms with Crippen LogP contribution < -0.4 is 0 Å². The van der Waals surface area contributed by atoms with E-state index < -0.39 is 0 Å². The third-order valence-electron chi connectivity index (χ3n) is 3.87. The van der Waals surface area contributed by atoms with Gasteiger partial charge < -0.3 is 4.74 Å². The largest absolute Gasteiger partial charge is 0.466 e. The van der Waals surface area contributed by atoms with E-state index in [-0.39, 0.29) is 12.4 Å². The molecule has 1 aliphatic heterocycles. The first-order valence-corrected chi connectivity index (χ1v) is 8.57. The number of fused-ring (bicyclic) bond motifs is 1. The molecule has 0 radical (unpaired) electrons. The molecule has 0 unspecified atom stereocenters. The number of rotatable bonds is 4. The van der Waals surface area contributed by atoms with Crippen molar-refractivity contribution >= 4 is 23.4 Å². The number of hydrogen-bond acceptors (Lipinski definition) is 6. The monoisotopic (exact) mass is 308 g/mol. The predicted octanol–water partition coefficient (Wildman–Crippen LogP) is 2.59. The first-order valence-electron chi connectivity index (χ1n) is 7.58. The SMILES string of the molecule is CCOC(=O)CC1=Nn2c(nnc2C2CCCCC2)SC1. The second-order valence-corrected chi connectivity index (χ2v) is 6.37. The van der Waals surface area contributed by atoms with Gasteiger partial charge in [0.15, 0.2) is 5.82 Å². The van der Waals surface area contributed by atoms with E-state index in [1.165, 1.54) is 19.3 Å². The Morgan fingerprint density at radius 3 is 2.90 bits per heavy atom. The Morgan fingerprint density at radius 2 is 2.14 bits per heavy atom. The molecule has 7 heteroatoms. The van der Waals surface area contributed by atoms with E-state index >= 15 is 0 Å². The molecule has 0 bridgehead atoms. The standard InChI is InChI=1S/C14H20N4O2S/c1-2-20-12(19)8-11-9-21-14-16-15-13(18(14)17-11)10-6-4-3-5-7-10/h10H,2-9H2,1H3. The highest BCUT2D eigenvalue weighted by molar-refractivity contribution is 7.99. The lowest BCUT2D eigenvalue weighted by atomic mass is 9.89. The highest BCUT2D eigenvalue weighted by atomic mass is 32.2. The molecule has 0 atom stereocenters. The Balaban J connectivity index is 1.78. The van der Waals surface area contributed by atoms with Gasteiger partial charge in [-0.25, -0.2) is 0 Å². The van der Waals surface area contributed by atoms with Gasteiger partial charge in [-0.15, -0.1) is 10.2 Å². The first kappa shape index (κ1) is 14.6. The van der Waals surface area contributed by atoms with Crippen LogP contribution in [0.1, 0.15) is 57.2 Å². The topological polar surface area (TPSA) is 69.4 Å². The molecule has 3 rings (SSSR count). The summed E-state index contributed by atoms with van der Waals surface area (Å²) in [6.45, 7) is 2.22. The molecule has 1 aromatic rings. The summed E-state index contributed by atoms with van der Waals surface area (Å²) in [6.07, 6.45) is 6.38. The average molecular weight is 308 g/mol. The molecule has 1 saturated carbocycles. The van der Waals surface area contributed by atoms with Crippen molar-refractivity contribution < 1.29 is 9.53 Å². The van der Waals surface area contributed by atoms with Crippen LogP contribution in [0.5, 0.6) is 0 Å². The molecule has 0 N–H and O–H groups in total. The summed E-state index contributed by atoms with van der Waals surface area (Å²) < 4.78 is 6.84. The van der Waals surface area contributed by atoms with Gasteiger partial charge in [-0.3, -0.25) is 4.79 Å². The van der Waals surface area contributed by atoms with Crippen molar-refractivity contribution in [1.29, 1.82) is 0 Å². The lowest BCUT2D eigenvalue weighted by Crippen LogP contribution is -2.19. The maximum absolute atomic E-state index is 11.6. The minimum atomic E-state index is -0.215. The van der Waals surface area contributed by atoms with Crippen LogP contribution in [-0.2, 0) is 9.53 Å². The third-order valence-corrected chi connectivity index (χ3v) is 4.86. The average Bonchev–Trinajstić information content (AvgIpc) is 2.91. The summed E-state index contributed by atoms with van der Waals surface area (Å²) in [5.41, 5.74) is 0.836. The molecule has 114 valence electrons. The maximum Gasteiger partial charge on any atom is 0.311 e. The number of hydrogen-bond donors (Lipinski definition) is 0. The fraction of sp³-hybridized carbons (Fsp3) is 0.714. The first-order chi connectivity index (χ1) is 10.3. The van der Waals surface area contributed by atoms with Crippen LogP contribution >= 0.6 is 11.8 Å². The Morgan fingerprint density at radius 1 is 1.33 bits per heavy atom. The number of nitrogens with zero attached hydrogens (tertiary/aromatic N) is 4. The lowest BCUT2D eigenvalue weighted by molar-refractivity contribution is -0.141. The van der Waals surface area contributed by atoms with Crippen molar-refractivity contribution in [3.05, 3.63) is 5.82 Å². The fourth-order valence-electron chi connectivity index (χ4n) is 2.86. The summed E-state index contributed by atoms with van der Waals surface area (Å²) in [5, 5.41) is 14.0. The quantitative estimate of drug-likeness (QED) is 0.800. The van der Waals surface area contributed by atoms with E-state index in [0.717, 1.165) is 29.5 Å². The molecule has 0 amide bonds. The number of thioether (sulfide) groups is 1. The summed E-state index contributed by atoms with van der Waals surface area (Å²) in [5.74, 6) is 1.87. The van der Waals surface area contributed by atoms with Crippen molar-refractivity contribution in [2.24, 2.45) is 5.10 Å². The van der Waals surface area contributed by atoms with E-state index in [0.29, 0.717) is 18.3 Å². The van der Waals surface area contributed by atoms with Gasteiger partial charge >= 0.3 is 5.97 Å². The van der Waals surface area contributed by atoms with Crippen molar-refractivity contribution in [3.63, 3.8) is 0 Å². The lowest BCUT2D eigenvalue weighted by Gasteiger charge is -2.21. The number of ether oxygens (including phenoxy) is 1. The van der Waals surface area contributed by atoms with Crippen LogP contribution in [-0.4, -0.2) is 38.9 Å². The number of carbonyl (C=O) groups excluding carboxylic acids is 1. The van der Waals surface area contributed by atoms with Crippen molar-refractivity contribution in [2.45, 2.75) is 56.5 Å². The summed E-state index contributed by atoms with van der Waals surface area (Å²) in [6, 6.07) is 0. The fourth-order valence-corrected chi connectivity index (χ4v) is 3.67. The highest BCUT2D eigenvalue weighted by Crippen LogP contribution is 2.34. The van der Waals surface area contributed by atoms with Gasteiger partial charge in [-0.05, 0) is 19.8 Å². The molecule has 2 heterocycles. The molecular formula is C14H20N4O2S. The molecule has 21 heavy (non-hydrogen) atoms. The van der Waals surface area contributed by atoms with E-state index in [1.807, 2.05) is 11.6 Å². The van der Waals surface area contributed by atoms with Gasteiger partial charge in [0.05, 0.1) is 18.7 Å². The molecule has 1 aromatic heterocycles. The van der Waals surface area contributed by atoms with Crippen LogP contribution in [0.4, 0.5) is 0 Å². The van der Waals surface area contributed by atoms with Gasteiger partial charge in [0.1, 0.15) is 0 Å². The Kier molecular flexibility index (Phi) is 4.57. The van der Waals surface area contributed by atoms with Crippen LogP contribution in [0.2, 0.25) is 0 Å². The third kappa shape index (κ3) is 3.28. The summed E-state index contributed by atoms with van der Waals surface area (Å²) in [4.78, 5) is 11.6. The number of aromatic nitrogens is 3. The zero-order chi connectivity index (χ0) is 14.7. The van der Waals surface area contributed by atoms with Gasteiger partial charge in [0, 0.05) is 11.7 Å². The molecule has 0 aromatic carbocycles. The molecular weight excluding hydrogens is 288 g/mol. The minimum Gasteiger partial charge on any atom is -0.466 e. The van der Waals surface area contributed by atoms with Crippen LogP contribution in [0.3, 0.4) is 0 Å². The maximum atomic E-state index is 11.6. The normalized spacial score (nSPS) is 19.0. The van der Waals surface area contributed by atoms with E-state index in [9.17, 15) is 4.79 Å². The molecule has 0 saturated heterocycles. The molecule has 1 fully saturated rings. The van der Waals surface area contributed by atoms with Crippen molar-refractivity contribution in [1.82, 2.24) is 14.9 Å². The van der Waals surface area contributed by atoms with Gasteiger partial charge in [-0.2, -0.15) is 9.78 Å². The predicted molar refractivity (Wildman–Crippen MR) is 80.7 cm³/mol. The number of esters is 1. The summed E-state index contributed by atoms with van der Waals surface area (Å²) in [7, 11) is 0. The zero-order valence-electron chi connectivity index (χ0n) is 12.2. The second-order valence-electron chi connectivity index (χ2n) is 5.42. The zero-order valence-corrected chi connectivity index (χ0v) is 13.1. The van der Waals surface area contributed by atoms with E-state index in [2.05, 4.69) is 15.3 Å². The molecule has 0 spiro atoms. The van der Waals surface area contributed by atoms with E-state index in [1.54, 1.807) is 11.8 Å². The minimum absolute atomic E-state index is 0.215. The number of carbonyl (C=O) groups is 1. The smallest absolute Gasteiger partial charge is 0.311 e. The Labute approximate surface area is 128 Å². The summed E-state index contributed by atoms with van der Waals surface area (Å²) >= 11 is 1.59. The van der Waals surface area contributed by atoms with Crippen molar-refractivity contribution in [2.75, 3.05) is 12.4 Å². The van der Waals surface area contributed by atoms with Crippen LogP contribution in [0, 0.1) is 0 Å². The highest BCUT2D eigenvalue weighted by Gasteiger charge is 2.26. The van der Waals surface area contributed by atoms with Gasteiger partial charge in [0.25, 0.3) is 0 Å². The van der Waals surface area contributed by atoms with Gasteiger partial charge in [0.2, 0.25) is 5.16 Å². The molecule has 1 aliphatic carbocycles. The molecule has 2 aliphatic rings. The molecule has 6 nitrogen and oxygen atoms in total. The Bertz CT molecular complexity index is 549.